The molecule has 4 rings (SSSR count). The molecule has 38 heavy (non-hydrogen) atoms. The molecule has 0 bridgehead atoms. The summed E-state index contributed by atoms with van der Waals surface area (Å²) in [6.45, 7) is 7.85. The summed E-state index contributed by atoms with van der Waals surface area (Å²) >= 11 is 0. The summed E-state index contributed by atoms with van der Waals surface area (Å²) < 4.78 is 0. The van der Waals surface area contributed by atoms with Gasteiger partial charge in [0.1, 0.15) is 0 Å². The van der Waals surface area contributed by atoms with E-state index in [9.17, 15) is 14.4 Å². The lowest BCUT2D eigenvalue weighted by Crippen LogP contribution is -2.39. The highest BCUT2D eigenvalue weighted by Gasteiger charge is 2.30. The standard InChI is InChI=1S/C30H35N5O3/c1-3-19-33(22-23-11-6-5-7-12-23)20-21-34(4-2)27(36)16-17-28(37)35-26-15-9-8-13-24(26)30(38)32-25-14-10-18-31-29(25)35/h5-15,18H,3-4,16-17,19-22H2,1-2H3,(H,32,38). The van der Waals surface area contributed by atoms with Crippen molar-refractivity contribution >= 4 is 34.9 Å². The second-order valence-electron chi connectivity index (χ2n) is 9.31. The van der Waals surface area contributed by atoms with E-state index in [0.717, 1.165) is 26.1 Å². The van der Waals surface area contributed by atoms with E-state index in [2.05, 4.69) is 34.3 Å². The number of nitrogens with zero attached hydrogens (tertiary/aromatic N) is 4. The number of benzene rings is 2. The van der Waals surface area contributed by atoms with Gasteiger partial charge in [0.15, 0.2) is 5.82 Å². The Labute approximate surface area is 224 Å². The Bertz CT molecular complexity index is 1260. The molecule has 2 aromatic carbocycles. The Morgan fingerprint density at radius 2 is 1.66 bits per heavy atom. The first kappa shape index (κ1) is 27.0. The van der Waals surface area contributed by atoms with E-state index in [1.807, 2.05) is 30.0 Å². The van der Waals surface area contributed by atoms with Gasteiger partial charge < -0.3 is 10.2 Å². The SMILES string of the molecule is CCCN(CCN(CC)C(=O)CCC(=O)N1c2ccccc2C(=O)Nc2cccnc21)Cc1ccccc1. The van der Waals surface area contributed by atoms with Crippen molar-refractivity contribution in [2.45, 2.75) is 39.7 Å². The number of carbonyl (C=O) groups excluding carboxylic acids is 3. The fourth-order valence-electron chi connectivity index (χ4n) is 4.72. The molecular formula is C30H35N5O3. The van der Waals surface area contributed by atoms with Crippen LogP contribution in [0.3, 0.4) is 0 Å². The van der Waals surface area contributed by atoms with E-state index >= 15 is 0 Å². The lowest BCUT2D eigenvalue weighted by Gasteiger charge is -2.27. The van der Waals surface area contributed by atoms with Gasteiger partial charge in [0.05, 0.1) is 16.9 Å². The maximum Gasteiger partial charge on any atom is 0.257 e. The summed E-state index contributed by atoms with van der Waals surface area (Å²) in [7, 11) is 0. The molecule has 8 heteroatoms. The molecule has 0 aliphatic carbocycles. The van der Waals surface area contributed by atoms with Crippen molar-refractivity contribution in [2.75, 3.05) is 36.4 Å². The Balaban J connectivity index is 1.42. The number of carbonyl (C=O) groups is 3. The second-order valence-corrected chi connectivity index (χ2v) is 9.31. The van der Waals surface area contributed by atoms with Crippen LogP contribution in [0.15, 0.2) is 72.9 Å². The van der Waals surface area contributed by atoms with Crippen LogP contribution in [0, 0.1) is 0 Å². The molecule has 0 unspecified atom stereocenters. The number of rotatable bonds is 11. The van der Waals surface area contributed by atoms with Gasteiger partial charge in [-0.15, -0.1) is 0 Å². The van der Waals surface area contributed by atoms with Crippen molar-refractivity contribution in [1.29, 1.82) is 0 Å². The average molecular weight is 514 g/mol. The first-order valence-corrected chi connectivity index (χ1v) is 13.2. The van der Waals surface area contributed by atoms with Crippen LogP contribution in [0.1, 0.15) is 49.0 Å². The van der Waals surface area contributed by atoms with Crippen LogP contribution in [0.5, 0.6) is 0 Å². The van der Waals surface area contributed by atoms with Gasteiger partial charge in [-0.25, -0.2) is 4.98 Å². The number of amides is 3. The summed E-state index contributed by atoms with van der Waals surface area (Å²) in [6.07, 6.45) is 2.71. The van der Waals surface area contributed by atoms with E-state index in [0.29, 0.717) is 35.8 Å². The van der Waals surface area contributed by atoms with Crippen LogP contribution in [0.4, 0.5) is 17.2 Å². The summed E-state index contributed by atoms with van der Waals surface area (Å²) in [5.74, 6) is -0.289. The van der Waals surface area contributed by atoms with Gasteiger partial charge in [-0.05, 0) is 49.7 Å². The fourth-order valence-corrected chi connectivity index (χ4v) is 4.72. The summed E-state index contributed by atoms with van der Waals surface area (Å²) in [6, 6.07) is 20.7. The van der Waals surface area contributed by atoms with E-state index in [1.165, 1.54) is 10.5 Å². The van der Waals surface area contributed by atoms with Crippen molar-refractivity contribution in [2.24, 2.45) is 0 Å². The molecule has 0 fully saturated rings. The molecule has 198 valence electrons. The topological polar surface area (TPSA) is 85.9 Å². The summed E-state index contributed by atoms with van der Waals surface area (Å²) in [5.41, 5.74) is 2.55. The fraction of sp³-hybridized carbons (Fsp3) is 0.333. The normalized spacial score (nSPS) is 12.4. The monoisotopic (exact) mass is 513 g/mol. The number of pyridine rings is 1. The molecule has 1 aliphatic heterocycles. The van der Waals surface area contributed by atoms with Gasteiger partial charge in [0, 0.05) is 45.2 Å². The molecule has 0 saturated carbocycles. The Hall–Kier alpha value is -4.04. The van der Waals surface area contributed by atoms with E-state index < -0.39 is 0 Å². The number of aromatic nitrogens is 1. The number of hydrogen-bond acceptors (Lipinski definition) is 5. The number of fused-ring (bicyclic) bond motifs is 2. The molecule has 0 spiro atoms. The molecule has 0 atom stereocenters. The van der Waals surface area contributed by atoms with Gasteiger partial charge in [0.25, 0.3) is 5.91 Å². The summed E-state index contributed by atoms with van der Waals surface area (Å²) in [4.78, 5) is 49.5. The molecule has 1 N–H and O–H groups in total. The third-order valence-corrected chi connectivity index (χ3v) is 6.65. The average Bonchev–Trinajstić information content (AvgIpc) is 3.06. The summed E-state index contributed by atoms with van der Waals surface area (Å²) in [5, 5.41) is 2.84. The highest BCUT2D eigenvalue weighted by molar-refractivity contribution is 6.17. The van der Waals surface area contributed by atoms with Gasteiger partial charge in [-0.2, -0.15) is 0 Å². The lowest BCUT2D eigenvalue weighted by molar-refractivity contribution is -0.133. The molecule has 8 nitrogen and oxygen atoms in total. The van der Waals surface area contributed by atoms with Crippen LogP contribution < -0.4 is 10.2 Å². The molecule has 0 radical (unpaired) electrons. The number of hydrogen-bond donors (Lipinski definition) is 1. The molecule has 2 heterocycles. The van der Waals surface area contributed by atoms with Crippen LogP contribution in [0.2, 0.25) is 0 Å². The molecule has 1 aromatic heterocycles. The lowest BCUT2D eigenvalue weighted by atomic mass is 10.1. The molecule has 3 amide bonds. The van der Waals surface area contributed by atoms with Gasteiger partial charge >= 0.3 is 0 Å². The Morgan fingerprint density at radius 1 is 0.895 bits per heavy atom. The third-order valence-electron chi connectivity index (χ3n) is 6.65. The Kier molecular flexibility index (Phi) is 9.21. The van der Waals surface area contributed by atoms with E-state index in [1.54, 1.807) is 42.6 Å². The maximum absolute atomic E-state index is 13.5. The van der Waals surface area contributed by atoms with Crippen LogP contribution >= 0.6 is 0 Å². The predicted octanol–water partition coefficient (Wildman–Crippen LogP) is 4.85. The van der Waals surface area contributed by atoms with Crippen molar-refractivity contribution in [3.8, 4) is 0 Å². The van der Waals surface area contributed by atoms with Crippen molar-refractivity contribution in [1.82, 2.24) is 14.8 Å². The second kappa shape index (κ2) is 13.0. The minimum Gasteiger partial charge on any atom is -0.342 e. The van der Waals surface area contributed by atoms with Crippen molar-refractivity contribution in [3.63, 3.8) is 0 Å². The van der Waals surface area contributed by atoms with Gasteiger partial charge in [0.2, 0.25) is 11.8 Å². The first-order chi connectivity index (χ1) is 18.5. The van der Waals surface area contributed by atoms with Crippen LogP contribution in [-0.2, 0) is 16.1 Å². The van der Waals surface area contributed by atoms with Gasteiger partial charge in [-0.1, -0.05) is 49.4 Å². The molecule has 1 aliphatic rings. The quantitative estimate of drug-likeness (QED) is 0.396. The van der Waals surface area contributed by atoms with E-state index in [4.69, 9.17) is 0 Å². The largest absolute Gasteiger partial charge is 0.342 e. The zero-order valence-corrected chi connectivity index (χ0v) is 22.1. The number of anilines is 3. The smallest absolute Gasteiger partial charge is 0.257 e. The minimum atomic E-state index is -0.300. The number of likely N-dealkylation sites (N-methyl/N-ethyl adjacent to an activating group) is 1. The third kappa shape index (κ3) is 6.44. The zero-order chi connectivity index (χ0) is 26.9. The highest BCUT2D eigenvalue weighted by Crippen LogP contribution is 2.36. The zero-order valence-electron chi connectivity index (χ0n) is 22.1. The number of para-hydroxylation sites is 1. The minimum absolute atomic E-state index is 0.0105. The van der Waals surface area contributed by atoms with E-state index in [-0.39, 0.29) is 30.6 Å². The highest BCUT2D eigenvalue weighted by atomic mass is 16.2. The number of nitrogens with one attached hydrogen (secondary N) is 1. The molecule has 3 aromatic rings. The first-order valence-electron chi connectivity index (χ1n) is 13.2. The maximum atomic E-state index is 13.5. The molecule has 0 saturated heterocycles. The molecular weight excluding hydrogens is 478 g/mol. The van der Waals surface area contributed by atoms with Crippen molar-refractivity contribution in [3.05, 3.63) is 84.1 Å². The predicted molar refractivity (Wildman–Crippen MR) is 149 cm³/mol. The van der Waals surface area contributed by atoms with Crippen molar-refractivity contribution < 1.29 is 14.4 Å². The van der Waals surface area contributed by atoms with Crippen LogP contribution in [-0.4, -0.2) is 58.7 Å². The van der Waals surface area contributed by atoms with Crippen LogP contribution in [0.25, 0.3) is 0 Å². The Morgan fingerprint density at radius 3 is 2.42 bits per heavy atom. The van der Waals surface area contributed by atoms with Gasteiger partial charge in [-0.3, -0.25) is 24.2 Å².